The van der Waals surface area contributed by atoms with E-state index in [9.17, 15) is 0 Å². The Hall–Kier alpha value is -2.43. The molecule has 7 heteroatoms. The van der Waals surface area contributed by atoms with Crippen molar-refractivity contribution in [3.63, 3.8) is 0 Å². The Morgan fingerprint density at radius 1 is 0.556 bits per heavy atom. The lowest BCUT2D eigenvalue weighted by molar-refractivity contribution is 0.409. The van der Waals surface area contributed by atoms with Gasteiger partial charge in [-0.2, -0.15) is 0 Å². The molecule has 63 heavy (non-hydrogen) atoms. The van der Waals surface area contributed by atoms with Gasteiger partial charge in [0.15, 0.2) is 0 Å². The first-order valence-corrected chi connectivity index (χ1v) is 34.1. The van der Waals surface area contributed by atoms with E-state index in [2.05, 4.69) is 137 Å². The van der Waals surface area contributed by atoms with E-state index in [1.54, 1.807) is 15.7 Å². The first-order chi connectivity index (χ1) is 30.9. The normalized spacial score (nSPS) is 14.3. The summed E-state index contributed by atoms with van der Waals surface area (Å²) in [6, 6.07) is 45.0. The molecule has 0 aromatic heterocycles. The third-order valence-electron chi connectivity index (χ3n) is 14.5. The molecular formula is C56H87NO2P2Si2. The molecule has 3 nitrogen and oxygen atoms in total. The van der Waals surface area contributed by atoms with Gasteiger partial charge in [0.05, 0.1) is 36.1 Å². The lowest BCUT2D eigenvalue weighted by atomic mass is 9.95. The maximum Gasteiger partial charge on any atom is 0.142 e. The smallest absolute Gasteiger partial charge is 0.142 e. The van der Waals surface area contributed by atoms with E-state index in [4.69, 9.17) is 9.47 Å². The molecule has 2 unspecified atom stereocenters. The van der Waals surface area contributed by atoms with E-state index in [-0.39, 0.29) is 0 Å². The quantitative estimate of drug-likeness (QED) is 0.0400. The zero-order valence-corrected chi connectivity index (χ0v) is 45.1. The van der Waals surface area contributed by atoms with Gasteiger partial charge in [-0.05, 0) is 50.2 Å². The number of ether oxygens (including phenoxy) is 2. The third-order valence-corrected chi connectivity index (χ3v) is 30.8. The maximum absolute atomic E-state index is 6.35. The summed E-state index contributed by atoms with van der Waals surface area (Å²) < 4.78 is 15.6. The lowest BCUT2D eigenvalue weighted by Gasteiger charge is -2.43. The topological polar surface area (TPSA) is 21.7 Å². The van der Waals surface area contributed by atoms with E-state index in [1.807, 2.05) is 14.2 Å². The van der Waals surface area contributed by atoms with Crippen molar-refractivity contribution in [3.05, 3.63) is 91.0 Å². The van der Waals surface area contributed by atoms with Crippen molar-refractivity contribution in [3.8, 4) is 22.6 Å². The van der Waals surface area contributed by atoms with Gasteiger partial charge >= 0.3 is 0 Å². The van der Waals surface area contributed by atoms with Crippen LogP contribution in [0.15, 0.2) is 91.0 Å². The fourth-order valence-corrected chi connectivity index (χ4v) is 28.5. The molecule has 0 heterocycles. The van der Waals surface area contributed by atoms with Crippen molar-refractivity contribution in [2.75, 3.05) is 18.9 Å². The molecule has 2 atom stereocenters. The van der Waals surface area contributed by atoms with E-state index >= 15 is 0 Å². The predicted molar refractivity (Wildman–Crippen MR) is 291 cm³/mol. The summed E-state index contributed by atoms with van der Waals surface area (Å²) >= 11 is 0. The second kappa shape index (κ2) is 27.3. The zero-order chi connectivity index (χ0) is 44.9. The number of para-hydroxylation sites is 3. The number of hydrogen-bond acceptors (Lipinski definition) is 3. The molecule has 0 amide bonds. The van der Waals surface area contributed by atoms with Crippen LogP contribution in [0.3, 0.4) is 0 Å². The van der Waals surface area contributed by atoms with Crippen LogP contribution in [-0.4, -0.2) is 36.4 Å². The second-order valence-electron chi connectivity index (χ2n) is 18.9. The third kappa shape index (κ3) is 13.4. The first-order valence-electron chi connectivity index (χ1n) is 25.8. The molecule has 4 aromatic carbocycles. The number of benzene rings is 4. The summed E-state index contributed by atoms with van der Waals surface area (Å²) in [6.07, 6.45) is 22.1. The average Bonchev–Trinajstić information content (AvgIpc) is 3.34. The molecule has 0 radical (unpaired) electrons. The van der Waals surface area contributed by atoms with Crippen LogP contribution in [0.4, 0.5) is 5.69 Å². The highest BCUT2D eigenvalue weighted by Gasteiger charge is 2.39. The summed E-state index contributed by atoms with van der Waals surface area (Å²) in [5.41, 5.74) is 4.11. The number of anilines is 1. The number of methoxy groups -OCH3 is 2. The molecule has 4 aromatic rings. The molecule has 0 bridgehead atoms. The summed E-state index contributed by atoms with van der Waals surface area (Å²) in [6.45, 7) is 14.4. The fraction of sp³-hybridized carbons (Fsp3) is 0.571. The number of rotatable bonds is 29. The predicted octanol–water partition coefficient (Wildman–Crippen LogP) is 16.3. The van der Waals surface area contributed by atoms with Crippen molar-refractivity contribution in [2.45, 2.75) is 193 Å². The molecule has 1 aliphatic carbocycles. The van der Waals surface area contributed by atoms with Crippen molar-refractivity contribution < 1.29 is 9.47 Å². The number of unbranched alkanes of at least 4 members (excludes halogenated alkanes) is 6. The molecule has 0 saturated heterocycles. The summed E-state index contributed by atoms with van der Waals surface area (Å²) in [5, 5.41) is 6.56. The average molecular weight is 924 g/mol. The highest BCUT2D eigenvalue weighted by Crippen LogP contribution is 2.62. The van der Waals surface area contributed by atoms with Crippen LogP contribution in [0.25, 0.3) is 11.1 Å². The van der Waals surface area contributed by atoms with Crippen LogP contribution in [0.1, 0.15) is 151 Å². The molecule has 346 valence electrons. The number of nitrogens with zero attached hydrogens (tertiary/aromatic N) is 1. The van der Waals surface area contributed by atoms with Crippen LogP contribution in [0.2, 0.25) is 36.3 Å². The van der Waals surface area contributed by atoms with Crippen molar-refractivity contribution in [2.24, 2.45) is 0 Å². The van der Waals surface area contributed by atoms with Gasteiger partial charge in [0, 0.05) is 24.7 Å². The van der Waals surface area contributed by atoms with Crippen molar-refractivity contribution in [1.82, 2.24) is 0 Å². The molecule has 5 rings (SSSR count). The minimum Gasteiger partial charge on any atom is -0.496 e. The van der Waals surface area contributed by atoms with Gasteiger partial charge in [0.1, 0.15) is 11.5 Å². The Kier molecular flexibility index (Phi) is 22.3. The van der Waals surface area contributed by atoms with Crippen LogP contribution in [0.5, 0.6) is 11.5 Å². The molecule has 0 N–H and O–H groups in total. The monoisotopic (exact) mass is 924 g/mol. The molecule has 1 aliphatic rings. The van der Waals surface area contributed by atoms with Gasteiger partial charge in [-0.1, -0.05) is 257 Å². The highest BCUT2D eigenvalue weighted by atomic mass is 32.1. The summed E-state index contributed by atoms with van der Waals surface area (Å²) in [4.78, 5) is 0. The second-order valence-corrected chi connectivity index (χ2v) is 32.4. The van der Waals surface area contributed by atoms with Gasteiger partial charge in [-0.25, -0.2) is 0 Å². The summed E-state index contributed by atoms with van der Waals surface area (Å²) in [5.74, 6) is 2.03. The first kappa shape index (κ1) is 51.6. The van der Waals surface area contributed by atoms with Crippen LogP contribution in [0, 0.1) is 0 Å². The van der Waals surface area contributed by atoms with Crippen molar-refractivity contribution >= 4 is 58.8 Å². The van der Waals surface area contributed by atoms with Gasteiger partial charge in [0.25, 0.3) is 0 Å². The van der Waals surface area contributed by atoms with Crippen LogP contribution in [-0.2, 0) is 0 Å². The van der Waals surface area contributed by atoms with Gasteiger partial charge in [-0.15, -0.1) is 0 Å². The standard InChI is InChI=1S/C56H87NO2P2Si2/c1-9-15-40-62(41-16-10-2,42-17-11-3)49-33-28-32-48(46-49)61(57(47-30-22-21-23-31-47)51-35-25-27-37-53(51)59-8)60-54-38-29-39-55(56(54)50-34-24-26-36-52(50)58-7)63(43-18-12-4,44-19-13-5)45-20-14-6/h24-29,32-39,46-47,60H,9-23,30-31,40-45H2,1-8H3. The molecule has 0 spiro atoms. The molecule has 0 aliphatic heterocycles. The largest absolute Gasteiger partial charge is 0.496 e. The lowest BCUT2D eigenvalue weighted by Crippen LogP contribution is -2.49. The van der Waals surface area contributed by atoms with E-state index in [1.165, 1.54) is 168 Å². The van der Waals surface area contributed by atoms with Gasteiger partial charge in [-0.3, -0.25) is 0 Å². The van der Waals surface area contributed by atoms with Gasteiger partial charge < -0.3 is 14.1 Å². The van der Waals surface area contributed by atoms with E-state index in [0.29, 0.717) is 14.3 Å². The van der Waals surface area contributed by atoms with E-state index in [0.717, 1.165) is 11.5 Å². The molecular weight excluding hydrogens is 837 g/mol. The Balaban J connectivity index is 1.86. The highest BCUT2D eigenvalue weighted by molar-refractivity contribution is 8.28. The Morgan fingerprint density at radius 2 is 1.06 bits per heavy atom. The van der Waals surface area contributed by atoms with Crippen LogP contribution < -0.4 is 35.1 Å². The molecule has 1 saturated carbocycles. The Morgan fingerprint density at radius 3 is 1.62 bits per heavy atom. The summed E-state index contributed by atoms with van der Waals surface area (Å²) in [7, 11) is -0.174. The Labute approximate surface area is 391 Å². The van der Waals surface area contributed by atoms with Gasteiger partial charge in [0.2, 0.25) is 0 Å². The van der Waals surface area contributed by atoms with E-state index < -0.39 is 23.9 Å². The van der Waals surface area contributed by atoms with Crippen LogP contribution >= 0.6 is 16.0 Å². The fourth-order valence-electron chi connectivity index (χ4n) is 10.8. The number of hydrogen-bond donors (Lipinski definition) is 0. The van der Waals surface area contributed by atoms with Crippen molar-refractivity contribution in [1.29, 1.82) is 0 Å². The Bertz CT molecular complexity index is 1870. The minimum absolute atomic E-state index is 0.476. The maximum atomic E-state index is 6.35. The SMILES string of the molecule is CCCC[Si](CCCC)(CCCC)c1cccc(P(Pc2cccc([Si](CCCC)(CCCC)CCCC)c2-c2ccccc2OC)N(c2ccccc2OC)C2CCCCC2)c1. The molecule has 1 fully saturated rings. The minimum atomic E-state index is -1.94. The zero-order valence-electron chi connectivity index (χ0n) is 41.2.